The van der Waals surface area contributed by atoms with Crippen LogP contribution < -0.4 is 5.19 Å². The van der Waals surface area contributed by atoms with Gasteiger partial charge in [0, 0.05) is 11.1 Å². The van der Waals surface area contributed by atoms with Gasteiger partial charge in [0.15, 0.2) is 0 Å². The largest absolute Gasteiger partial charge is 0.507 e. The van der Waals surface area contributed by atoms with Crippen molar-refractivity contribution in [2.75, 3.05) is 0 Å². The predicted octanol–water partition coefficient (Wildman–Crippen LogP) is 4.67. The van der Waals surface area contributed by atoms with Crippen LogP contribution in [0.4, 0.5) is 0 Å². The Kier molecular flexibility index (Phi) is 4.05. The second-order valence-corrected chi connectivity index (χ2v) is 11.8. The van der Waals surface area contributed by atoms with Crippen LogP contribution in [0.25, 0.3) is 22.5 Å². The van der Waals surface area contributed by atoms with E-state index in [9.17, 15) is 5.11 Å². The van der Waals surface area contributed by atoms with Crippen LogP contribution >= 0.6 is 0 Å². The summed E-state index contributed by atoms with van der Waals surface area (Å²) in [7, 11) is -1.50. The lowest BCUT2D eigenvalue weighted by molar-refractivity contribution is 0.477. The summed E-state index contributed by atoms with van der Waals surface area (Å²) in [4.78, 5) is 4.81. The lowest BCUT2D eigenvalue weighted by Gasteiger charge is -2.19. The van der Waals surface area contributed by atoms with E-state index in [1.807, 2.05) is 36.4 Å². The van der Waals surface area contributed by atoms with Gasteiger partial charge in [0.1, 0.15) is 5.75 Å². The number of rotatable bonds is 3. The van der Waals surface area contributed by atoms with Crippen molar-refractivity contribution in [3.63, 3.8) is 0 Å². The molecule has 0 aliphatic carbocycles. The summed E-state index contributed by atoms with van der Waals surface area (Å²) in [6, 6.07) is 21.9. The highest BCUT2D eigenvalue weighted by Crippen LogP contribution is 2.29. The Labute approximate surface area is 138 Å². The van der Waals surface area contributed by atoms with E-state index in [0.29, 0.717) is 0 Å². The minimum Gasteiger partial charge on any atom is -0.507 e. The third kappa shape index (κ3) is 3.35. The standard InChI is InChI=1S/C20H21NOSi/c1-23(2,3)16-13-18(15-9-5-4-6-10-15)21-19(14-16)17-11-7-8-12-20(17)22/h4-14,22H,1-3H3. The van der Waals surface area contributed by atoms with Crippen LogP contribution in [0.5, 0.6) is 5.75 Å². The molecule has 2 nitrogen and oxygen atoms in total. The lowest BCUT2D eigenvalue weighted by atomic mass is 10.1. The van der Waals surface area contributed by atoms with Gasteiger partial charge >= 0.3 is 0 Å². The number of aromatic hydroxyl groups is 1. The molecule has 3 rings (SSSR count). The molecule has 0 saturated heterocycles. The van der Waals surface area contributed by atoms with Gasteiger partial charge in [0.2, 0.25) is 0 Å². The van der Waals surface area contributed by atoms with Crippen molar-refractivity contribution in [2.45, 2.75) is 19.6 Å². The second-order valence-electron chi connectivity index (χ2n) is 6.76. The Morgan fingerprint density at radius 1 is 0.783 bits per heavy atom. The molecule has 1 aromatic heterocycles. The van der Waals surface area contributed by atoms with Gasteiger partial charge in [-0.05, 0) is 24.3 Å². The van der Waals surface area contributed by atoms with Crippen molar-refractivity contribution in [3.05, 3.63) is 66.7 Å². The molecule has 0 atom stereocenters. The molecule has 0 fully saturated rings. The number of nitrogens with zero attached hydrogens (tertiary/aromatic N) is 1. The highest BCUT2D eigenvalue weighted by Gasteiger charge is 2.20. The molecule has 0 saturated carbocycles. The number of hydrogen-bond acceptors (Lipinski definition) is 2. The molecule has 3 aromatic rings. The van der Waals surface area contributed by atoms with Crippen LogP contribution in [-0.2, 0) is 0 Å². The smallest absolute Gasteiger partial charge is 0.124 e. The molecule has 0 amide bonds. The van der Waals surface area contributed by atoms with Crippen LogP contribution in [-0.4, -0.2) is 18.2 Å². The monoisotopic (exact) mass is 319 g/mol. The average Bonchev–Trinajstić information content (AvgIpc) is 2.55. The van der Waals surface area contributed by atoms with Crippen LogP contribution in [0.3, 0.4) is 0 Å². The van der Waals surface area contributed by atoms with Gasteiger partial charge in [0.25, 0.3) is 0 Å². The van der Waals surface area contributed by atoms with Gasteiger partial charge in [-0.1, -0.05) is 67.3 Å². The zero-order chi connectivity index (χ0) is 16.4. The molecule has 23 heavy (non-hydrogen) atoms. The maximum atomic E-state index is 10.2. The first-order chi connectivity index (χ1) is 10.9. The first-order valence-corrected chi connectivity index (χ1v) is 11.3. The molecule has 2 aromatic carbocycles. The van der Waals surface area contributed by atoms with Crippen molar-refractivity contribution in [1.29, 1.82) is 0 Å². The van der Waals surface area contributed by atoms with Crippen molar-refractivity contribution in [3.8, 4) is 28.3 Å². The van der Waals surface area contributed by atoms with Crippen LogP contribution in [0, 0.1) is 0 Å². The third-order valence-electron chi connectivity index (χ3n) is 3.94. The number of hydrogen-bond donors (Lipinski definition) is 1. The predicted molar refractivity (Wildman–Crippen MR) is 99.8 cm³/mol. The Bertz CT molecular complexity index is 823. The lowest BCUT2D eigenvalue weighted by Crippen LogP contribution is -2.37. The van der Waals surface area contributed by atoms with Gasteiger partial charge in [-0.2, -0.15) is 0 Å². The quantitative estimate of drug-likeness (QED) is 0.712. The van der Waals surface area contributed by atoms with Gasteiger partial charge in [-0.25, -0.2) is 4.98 Å². The zero-order valence-electron chi connectivity index (χ0n) is 13.7. The van der Waals surface area contributed by atoms with E-state index < -0.39 is 8.07 Å². The zero-order valence-corrected chi connectivity index (χ0v) is 14.7. The van der Waals surface area contributed by atoms with Crippen molar-refractivity contribution >= 4 is 13.3 Å². The van der Waals surface area contributed by atoms with Crippen LogP contribution in [0.1, 0.15) is 0 Å². The van der Waals surface area contributed by atoms with Crippen LogP contribution in [0.2, 0.25) is 19.6 Å². The summed E-state index contributed by atoms with van der Waals surface area (Å²) in [6.07, 6.45) is 0. The van der Waals surface area contributed by atoms with Gasteiger partial charge < -0.3 is 5.11 Å². The maximum Gasteiger partial charge on any atom is 0.124 e. The number of para-hydroxylation sites is 1. The Hall–Kier alpha value is -2.39. The molecule has 0 bridgehead atoms. The van der Waals surface area contributed by atoms with Crippen molar-refractivity contribution in [1.82, 2.24) is 4.98 Å². The highest BCUT2D eigenvalue weighted by molar-refractivity contribution is 6.88. The maximum absolute atomic E-state index is 10.2. The molecule has 0 radical (unpaired) electrons. The molecule has 0 spiro atoms. The average molecular weight is 319 g/mol. The first kappa shape index (κ1) is 15.5. The fourth-order valence-corrected chi connectivity index (χ4v) is 3.69. The number of pyridine rings is 1. The van der Waals surface area contributed by atoms with Crippen LogP contribution in [0.15, 0.2) is 66.7 Å². The summed E-state index contributed by atoms with van der Waals surface area (Å²) in [5.41, 5.74) is 3.68. The molecular formula is C20H21NOSi. The minimum atomic E-state index is -1.50. The fourth-order valence-electron chi connectivity index (χ4n) is 2.55. The first-order valence-electron chi connectivity index (χ1n) is 7.81. The Balaban J connectivity index is 2.23. The summed E-state index contributed by atoms with van der Waals surface area (Å²) in [6.45, 7) is 6.98. The van der Waals surface area contributed by atoms with Gasteiger partial charge in [0.05, 0.1) is 19.5 Å². The van der Waals surface area contributed by atoms with E-state index in [1.54, 1.807) is 6.07 Å². The molecule has 1 N–H and O–H groups in total. The summed E-state index contributed by atoms with van der Waals surface area (Å²) in [5, 5.41) is 11.5. The van der Waals surface area contributed by atoms with Gasteiger partial charge in [-0.3, -0.25) is 0 Å². The highest BCUT2D eigenvalue weighted by atomic mass is 28.3. The van der Waals surface area contributed by atoms with E-state index in [-0.39, 0.29) is 5.75 Å². The van der Waals surface area contributed by atoms with E-state index in [0.717, 1.165) is 22.5 Å². The number of aromatic nitrogens is 1. The molecule has 0 aliphatic rings. The molecule has 3 heteroatoms. The molecule has 116 valence electrons. The number of phenolic OH excluding ortho intramolecular Hbond substituents is 1. The fraction of sp³-hybridized carbons (Fsp3) is 0.150. The summed E-state index contributed by atoms with van der Waals surface area (Å²) >= 11 is 0. The minimum absolute atomic E-state index is 0.270. The van der Waals surface area contributed by atoms with E-state index >= 15 is 0 Å². The number of phenols is 1. The van der Waals surface area contributed by atoms with E-state index in [2.05, 4.69) is 43.9 Å². The Morgan fingerprint density at radius 3 is 2.04 bits per heavy atom. The van der Waals surface area contributed by atoms with E-state index in [1.165, 1.54) is 5.19 Å². The van der Waals surface area contributed by atoms with Crippen molar-refractivity contribution in [2.24, 2.45) is 0 Å². The summed E-state index contributed by atoms with van der Waals surface area (Å²) < 4.78 is 0. The van der Waals surface area contributed by atoms with Crippen molar-refractivity contribution < 1.29 is 5.11 Å². The Morgan fingerprint density at radius 2 is 1.39 bits per heavy atom. The normalized spacial score (nSPS) is 11.4. The molecular weight excluding hydrogens is 298 g/mol. The molecule has 0 unspecified atom stereocenters. The second kappa shape index (κ2) is 6.01. The third-order valence-corrected chi connectivity index (χ3v) is 5.96. The SMILES string of the molecule is C[Si](C)(C)c1cc(-c2ccccc2)nc(-c2ccccc2O)c1. The topological polar surface area (TPSA) is 33.1 Å². The van der Waals surface area contributed by atoms with Gasteiger partial charge in [-0.15, -0.1) is 0 Å². The van der Waals surface area contributed by atoms with E-state index in [4.69, 9.17) is 4.98 Å². The summed E-state index contributed by atoms with van der Waals surface area (Å²) in [5.74, 6) is 0.270. The number of benzene rings is 2. The molecule has 0 aliphatic heterocycles. The molecule has 1 heterocycles.